The number of aliphatic hydroxyl groups excluding tert-OH is 2. The van der Waals surface area contributed by atoms with Gasteiger partial charge in [-0.3, -0.25) is 32.5 Å². The number of carbonyl (C=O) groups excluding carboxylic acids is 3. The summed E-state index contributed by atoms with van der Waals surface area (Å²) < 4.78 is 61.1. The summed E-state index contributed by atoms with van der Waals surface area (Å²) in [6.07, 6.45) is 106. The molecule has 5 atom stereocenters. The van der Waals surface area contributed by atoms with Gasteiger partial charge in [0.05, 0.1) is 26.4 Å². The van der Waals surface area contributed by atoms with Crippen LogP contribution in [0.5, 0.6) is 0 Å². The van der Waals surface area contributed by atoms with Gasteiger partial charge in [0.1, 0.15) is 25.4 Å². The van der Waals surface area contributed by atoms with Gasteiger partial charge in [0, 0.05) is 19.3 Å². The molecule has 0 spiro atoms. The number of carbonyl (C=O) groups is 3. The van der Waals surface area contributed by atoms with Crippen LogP contribution in [0.15, 0.2) is 207 Å². The highest BCUT2D eigenvalue weighted by Crippen LogP contribution is 2.45. The maximum atomic E-state index is 13.0. The Labute approximate surface area is 648 Å². The van der Waals surface area contributed by atoms with Crippen LogP contribution in [-0.4, -0.2) is 95.9 Å². The fraction of sp³-hybridized carbons (Fsp3) is 0.584. The van der Waals surface area contributed by atoms with Crippen LogP contribution >= 0.6 is 15.6 Å². The number of hydrogen-bond acceptors (Lipinski definition) is 14. The largest absolute Gasteiger partial charge is 0.472 e. The predicted octanol–water partition coefficient (Wildman–Crippen LogP) is 24.1. The molecule has 0 fully saturated rings. The minimum atomic E-state index is -4.97. The molecule has 0 saturated carbocycles. The number of aliphatic hydroxyl groups is 2. The van der Waals surface area contributed by atoms with Crippen molar-refractivity contribution in [1.82, 2.24) is 0 Å². The summed E-state index contributed by atoms with van der Waals surface area (Å²) >= 11 is 0. The third-order valence-corrected chi connectivity index (χ3v) is 17.9. The number of phosphoric acid groups is 2. The Balaban J connectivity index is 4.73. The van der Waals surface area contributed by atoms with E-state index in [9.17, 15) is 43.5 Å². The van der Waals surface area contributed by atoms with Gasteiger partial charge in [0.15, 0.2) is 6.10 Å². The van der Waals surface area contributed by atoms with Crippen molar-refractivity contribution in [2.24, 2.45) is 0 Å². The Kier molecular flexibility index (Phi) is 75.3. The molecule has 604 valence electrons. The summed E-state index contributed by atoms with van der Waals surface area (Å²) in [5, 5.41) is 20.7. The zero-order chi connectivity index (χ0) is 78.0. The first-order valence-electron chi connectivity index (χ1n) is 40.4. The first-order valence-corrected chi connectivity index (χ1v) is 43.4. The minimum absolute atomic E-state index is 0.0330. The second kappa shape index (κ2) is 79.7. The van der Waals surface area contributed by atoms with Crippen LogP contribution < -0.4 is 0 Å². The molecule has 0 aliphatic heterocycles. The highest BCUT2D eigenvalue weighted by atomic mass is 31.2. The average Bonchev–Trinajstić information content (AvgIpc) is 0.909. The minimum Gasteiger partial charge on any atom is -0.463 e. The van der Waals surface area contributed by atoms with Crippen molar-refractivity contribution in [2.75, 3.05) is 39.6 Å². The number of esters is 3. The summed E-state index contributed by atoms with van der Waals surface area (Å²) in [7, 11) is -9.84. The fourth-order valence-electron chi connectivity index (χ4n) is 9.98. The number of rotatable bonds is 74. The highest BCUT2D eigenvalue weighted by Gasteiger charge is 2.29. The zero-order valence-corrected chi connectivity index (χ0v) is 67.8. The number of ether oxygens (including phenoxy) is 3. The van der Waals surface area contributed by atoms with Crippen LogP contribution in [0.3, 0.4) is 0 Å². The molecule has 0 rings (SSSR count). The molecule has 0 bridgehead atoms. The van der Waals surface area contributed by atoms with Crippen LogP contribution in [0.25, 0.3) is 0 Å². The molecule has 18 heteroatoms. The standard InChI is InChI=1S/C89H142O16P2/c1-4-7-10-13-16-19-22-25-28-31-34-36-38-40-41-43-45-46-49-51-54-57-60-63-66-69-72-75-87(92)99-78-84(90)79-101-106(95,96)102-80-85(91)81-103-107(97,98)104-83-86(105-89(94)77-74-71-68-65-62-59-56-53-48-33-30-27-24-21-18-15-12-9-6-3)82-100-88(93)76-73-70-67-64-61-58-55-52-50-47-44-42-39-37-35-32-29-26-23-20-17-14-11-8-5-2/h7-12,16-21,25-30,34-37,40-42,44,48,50,52-53,59,62,68,71,84-86,90-91H,4-6,13-15,22-24,31-33,38-39,43,45-47,49,51,54-58,60-61,63-67,69-70,72-83H2,1-3H3,(H,95,96)(H,97,98)/b10-7-,11-8-,12-9-,19-16-,20-17-,21-18-,28-25-,29-26-,30-27-,36-34-,37-35-,41-40-,44-42-,52-50-,53-48-,62-59-,71-68-. The summed E-state index contributed by atoms with van der Waals surface area (Å²) in [6.45, 7) is 2.21. The molecular formula is C89H142O16P2. The van der Waals surface area contributed by atoms with Crippen molar-refractivity contribution < 1.29 is 75.8 Å². The van der Waals surface area contributed by atoms with Crippen LogP contribution in [-0.2, 0) is 55.8 Å². The van der Waals surface area contributed by atoms with Crippen molar-refractivity contribution in [1.29, 1.82) is 0 Å². The molecule has 5 unspecified atom stereocenters. The normalized spacial score (nSPS) is 15.0. The Hall–Kier alpha value is -5.87. The maximum absolute atomic E-state index is 13.0. The topological polar surface area (TPSA) is 231 Å². The van der Waals surface area contributed by atoms with Gasteiger partial charge in [-0.1, -0.05) is 311 Å². The van der Waals surface area contributed by atoms with Crippen molar-refractivity contribution in [3.05, 3.63) is 207 Å². The predicted molar refractivity (Wildman–Crippen MR) is 444 cm³/mol. The molecule has 0 aromatic rings. The molecule has 4 N–H and O–H groups in total. The Bertz CT molecular complexity index is 2770. The molecular weight excluding hydrogens is 1390 g/mol. The average molecular weight is 1530 g/mol. The third-order valence-electron chi connectivity index (χ3n) is 16.0. The Morgan fingerprint density at radius 3 is 0.776 bits per heavy atom. The zero-order valence-electron chi connectivity index (χ0n) is 66.0. The van der Waals surface area contributed by atoms with Crippen LogP contribution in [0.2, 0.25) is 0 Å². The lowest BCUT2D eigenvalue weighted by molar-refractivity contribution is -0.161. The van der Waals surface area contributed by atoms with Crippen LogP contribution in [0, 0.1) is 0 Å². The molecule has 0 radical (unpaired) electrons. The van der Waals surface area contributed by atoms with E-state index in [1.54, 1.807) is 0 Å². The van der Waals surface area contributed by atoms with E-state index >= 15 is 0 Å². The Morgan fingerprint density at radius 1 is 0.262 bits per heavy atom. The first kappa shape index (κ1) is 101. The second-order valence-electron chi connectivity index (χ2n) is 26.1. The molecule has 0 amide bonds. The van der Waals surface area contributed by atoms with Crippen molar-refractivity contribution in [2.45, 2.75) is 296 Å². The van der Waals surface area contributed by atoms with E-state index in [1.165, 1.54) is 38.5 Å². The van der Waals surface area contributed by atoms with Crippen molar-refractivity contribution in [3.8, 4) is 0 Å². The van der Waals surface area contributed by atoms with Gasteiger partial charge in [0.2, 0.25) is 0 Å². The smallest absolute Gasteiger partial charge is 0.463 e. The molecule has 0 aliphatic rings. The molecule has 0 aromatic carbocycles. The quantitative estimate of drug-likeness (QED) is 0.0146. The van der Waals surface area contributed by atoms with E-state index in [4.69, 9.17) is 32.3 Å². The van der Waals surface area contributed by atoms with Crippen LogP contribution in [0.1, 0.15) is 278 Å². The molecule has 0 heterocycles. The lowest BCUT2D eigenvalue weighted by atomic mass is 10.0. The lowest BCUT2D eigenvalue weighted by Crippen LogP contribution is -2.29. The Morgan fingerprint density at radius 2 is 0.486 bits per heavy atom. The number of hydrogen-bond donors (Lipinski definition) is 4. The van der Waals surface area contributed by atoms with Crippen molar-refractivity contribution in [3.63, 3.8) is 0 Å². The number of allylic oxidation sites excluding steroid dienone is 34. The van der Waals surface area contributed by atoms with Gasteiger partial charge >= 0.3 is 33.6 Å². The monoisotopic (exact) mass is 1530 g/mol. The second-order valence-corrected chi connectivity index (χ2v) is 29.0. The van der Waals surface area contributed by atoms with E-state index in [-0.39, 0.29) is 19.3 Å². The number of unbranched alkanes of at least 4 members (excludes halogenated alkanes) is 17. The van der Waals surface area contributed by atoms with Crippen LogP contribution in [0.4, 0.5) is 0 Å². The summed E-state index contributed by atoms with van der Waals surface area (Å²) in [6, 6.07) is 0. The molecule has 107 heavy (non-hydrogen) atoms. The molecule has 16 nitrogen and oxygen atoms in total. The van der Waals surface area contributed by atoms with E-state index in [0.29, 0.717) is 25.7 Å². The first-order chi connectivity index (χ1) is 52.2. The van der Waals surface area contributed by atoms with Gasteiger partial charge in [-0.05, 0) is 154 Å². The van der Waals surface area contributed by atoms with Crippen molar-refractivity contribution >= 4 is 33.6 Å². The molecule has 0 aliphatic carbocycles. The molecule has 0 saturated heterocycles. The summed E-state index contributed by atoms with van der Waals surface area (Å²) in [5.74, 6) is -1.71. The van der Waals surface area contributed by atoms with Gasteiger partial charge in [-0.15, -0.1) is 0 Å². The summed E-state index contributed by atoms with van der Waals surface area (Å²) in [4.78, 5) is 58.7. The summed E-state index contributed by atoms with van der Waals surface area (Å²) in [5.41, 5.74) is 0. The lowest BCUT2D eigenvalue weighted by Gasteiger charge is -2.21. The number of phosphoric ester groups is 2. The van der Waals surface area contributed by atoms with Gasteiger partial charge in [-0.25, -0.2) is 9.13 Å². The van der Waals surface area contributed by atoms with E-state index in [2.05, 4.69) is 209 Å². The maximum Gasteiger partial charge on any atom is 0.472 e. The van der Waals surface area contributed by atoms with Gasteiger partial charge < -0.3 is 34.2 Å². The third kappa shape index (κ3) is 81.0. The van der Waals surface area contributed by atoms with E-state index < -0.39 is 91.5 Å². The molecule has 0 aromatic heterocycles. The van der Waals surface area contributed by atoms with E-state index in [1.807, 2.05) is 18.2 Å². The van der Waals surface area contributed by atoms with E-state index in [0.717, 1.165) is 173 Å². The van der Waals surface area contributed by atoms with Gasteiger partial charge in [0.25, 0.3) is 0 Å². The highest BCUT2D eigenvalue weighted by molar-refractivity contribution is 7.47. The fourth-order valence-corrected chi connectivity index (χ4v) is 11.6. The SMILES string of the molecule is CC/C=C\C/C=C\C/C=C\C/C=C\C/C=C\C/C=C\CCCCCCCCC(=O)OCC(COP(=O)(O)OCC(O)COP(=O)(O)OCC(O)COC(=O)CCCCCCCCCCCCC/C=C\C/C=C\C/C=C\C/C=C\C/C=C\CC)OC(=O)CC/C=C\C/C=C\C/C=C\C/C=C\C/C=C\C/C=C\CC. The van der Waals surface area contributed by atoms with Gasteiger partial charge in [-0.2, -0.15) is 0 Å².